The van der Waals surface area contributed by atoms with Crippen molar-refractivity contribution in [2.45, 2.75) is 57.9 Å². The molecule has 2 N–H and O–H groups in total. The number of hydrogen-bond donors (Lipinski definition) is 2. The third-order valence-corrected chi connectivity index (χ3v) is 6.14. The first kappa shape index (κ1) is 23.8. The first-order chi connectivity index (χ1) is 16.2. The number of alkyl halides is 3. The second-order valence-corrected chi connectivity index (χ2v) is 8.60. The highest BCUT2D eigenvalue weighted by Gasteiger charge is 2.46. The summed E-state index contributed by atoms with van der Waals surface area (Å²) >= 11 is 0. The van der Waals surface area contributed by atoms with E-state index in [1.807, 2.05) is 31.2 Å². The van der Waals surface area contributed by atoms with E-state index < -0.39 is 30.0 Å². The molecule has 5 nitrogen and oxygen atoms in total. The van der Waals surface area contributed by atoms with E-state index in [-0.39, 0.29) is 25.2 Å². The van der Waals surface area contributed by atoms with Gasteiger partial charge >= 0.3 is 6.18 Å². The van der Waals surface area contributed by atoms with Crippen molar-refractivity contribution >= 4 is 11.7 Å². The van der Waals surface area contributed by atoms with E-state index >= 15 is 0 Å². The number of halogens is 4. The summed E-state index contributed by atoms with van der Waals surface area (Å²) in [5.74, 6) is -0.680. The quantitative estimate of drug-likeness (QED) is 0.470. The maximum atomic E-state index is 14.0. The first-order valence-electron chi connectivity index (χ1n) is 11.2. The molecule has 4 rings (SSSR count). The van der Waals surface area contributed by atoms with Crippen molar-refractivity contribution in [3.05, 3.63) is 82.3 Å². The molecule has 2 heterocycles. The Morgan fingerprint density at radius 3 is 2.56 bits per heavy atom. The minimum absolute atomic E-state index is 0.0145. The molecule has 2 aromatic carbocycles. The van der Waals surface area contributed by atoms with Crippen LogP contribution in [-0.4, -0.2) is 21.9 Å². The highest BCUT2D eigenvalue weighted by atomic mass is 19.4. The van der Waals surface area contributed by atoms with Crippen molar-refractivity contribution in [1.29, 1.82) is 0 Å². The molecule has 3 aromatic rings. The van der Waals surface area contributed by atoms with Crippen LogP contribution in [0.25, 0.3) is 0 Å². The summed E-state index contributed by atoms with van der Waals surface area (Å²) in [4.78, 5) is 12.5. The van der Waals surface area contributed by atoms with Gasteiger partial charge in [0.1, 0.15) is 11.6 Å². The minimum atomic E-state index is -4.49. The van der Waals surface area contributed by atoms with Crippen LogP contribution < -0.4 is 10.6 Å². The van der Waals surface area contributed by atoms with Gasteiger partial charge < -0.3 is 10.6 Å². The van der Waals surface area contributed by atoms with Gasteiger partial charge in [-0.1, -0.05) is 43.3 Å². The first-order valence-corrected chi connectivity index (χ1v) is 11.2. The van der Waals surface area contributed by atoms with Crippen LogP contribution in [0.3, 0.4) is 0 Å². The minimum Gasteiger partial charge on any atom is -0.363 e. The number of benzene rings is 2. The average Bonchev–Trinajstić information content (AvgIpc) is 3.19. The lowest BCUT2D eigenvalue weighted by Crippen LogP contribution is -2.36. The molecule has 180 valence electrons. The molecular weight excluding hydrogens is 448 g/mol. The Bertz CT molecular complexity index is 1170. The number of fused-ring (bicyclic) bond motifs is 1. The Morgan fingerprint density at radius 1 is 1.18 bits per heavy atom. The number of anilines is 1. The largest absolute Gasteiger partial charge is 0.410 e. The highest BCUT2D eigenvalue weighted by molar-refractivity contribution is 5.80. The molecular formula is C25H26F4N4O. The Labute approximate surface area is 195 Å². The van der Waals surface area contributed by atoms with Gasteiger partial charge in [-0.3, -0.25) is 4.79 Å². The van der Waals surface area contributed by atoms with E-state index in [0.29, 0.717) is 11.1 Å². The fourth-order valence-corrected chi connectivity index (χ4v) is 4.17. The van der Waals surface area contributed by atoms with Crippen molar-refractivity contribution in [3.8, 4) is 0 Å². The number of rotatable bonds is 6. The van der Waals surface area contributed by atoms with Crippen LogP contribution in [0.5, 0.6) is 0 Å². The van der Waals surface area contributed by atoms with Gasteiger partial charge in [-0.15, -0.1) is 0 Å². The van der Waals surface area contributed by atoms with Crippen LogP contribution in [0, 0.1) is 12.7 Å². The monoisotopic (exact) mass is 474 g/mol. The lowest BCUT2D eigenvalue weighted by molar-refractivity contribution is -0.173. The molecule has 2 atom stereocenters. The summed E-state index contributed by atoms with van der Waals surface area (Å²) in [5, 5.41) is 9.74. The molecule has 0 spiro atoms. The molecule has 9 heteroatoms. The number of aryl methyl sites for hydroxylation is 2. The summed E-state index contributed by atoms with van der Waals surface area (Å²) in [6.07, 6.45) is -2.76. The number of carbonyl (C=O) groups is 1. The van der Waals surface area contributed by atoms with Crippen LogP contribution in [0.15, 0.2) is 48.7 Å². The van der Waals surface area contributed by atoms with E-state index in [2.05, 4.69) is 15.7 Å². The van der Waals surface area contributed by atoms with Crippen molar-refractivity contribution in [2.24, 2.45) is 0 Å². The summed E-state index contributed by atoms with van der Waals surface area (Å²) in [6.45, 7) is 3.76. The molecule has 1 aromatic heterocycles. The predicted molar refractivity (Wildman–Crippen MR) is 121 cm³/mol. The zero-order chi connectivity index (χ0) is 24.5. The summed E-state index contributed by atoms with van der Waals surface area (Å²) in [7, 11) is 0. The average molecular weight is 475 g/mol. The predicted octanol–water partition coefficient (Wildman–Crippen LogP) is 5.41. The SMILES string of the molecule is CCc1ccc([C@H]2C[C@@H](C(F)(F)F)n3ncc(CC(=O)NCc4ccc(C)cc4F)c3N2)cc1. The fourth-order valence-electron chi connectivity index (χ4n) is 4.17. The number of carbonyl (C=O) groups excluding carboxylic acids is 1. The summed E-state index contributed by atoms with van der Waals surface area (Å²) in [6, 6.07) is 9.81. The second-order valence-electron chi connectivity index (χ2n) is 8.60. The van der Waals surface area contributed by atoms with Crippen molar-refractivity contribution in [3.63, 3.8) is 0 Å². The lowest BCUT2D eigenvalue weighted by atomic mass is 9.95. The van der Waals surface area contributed by atoms with Crippen molar-refractivity contribution in [1.82, 2.24) is 15.1 Å². The van der Waals surface area contributed by atoms with E-state index in [1.165, 1.54) is 12.3 Å². The van der Waals surface area contributed by atoms with E-state index in [4.69, 9.17) is 0 Å². The standard InChI is InChI=1S/C25H26F4N4O/c1-3-16-5-8-17(9-6-16)21-12-22(25(27,28)29)33-24(32-21)19(14-31-33)11-23(34)30-13-18-7-4-15(2)10-20(18)26/h4-10,14,21-22,32H,3,11-13H2,1-2H3,(H,30,34)/t21-,22+/m1/s1. The van der Waals surface area contributed by atoms with Crippen molar-refractivity contribution in [2.75, 3.05) is 5.32 Å². The third kappa shape index (κ3) is 5.08. The number of hydrogen-bond acceptors (Lipinski definition) is 3. The van der Waals surface area contributed by atoms with Gasteiger partial charge in [0.2, 0.25) is 5.91 Å². The second kappa shape index (κ2) is 9.48. The zero-order valence-corrected chi connectivity index (χ0v) is 18.9. The molecule has 0 saturated heterocycles. The normalized spacial score (nSPS) is 17.7. The van der Waals surface area contributed by atoms with Gasteiger partial charge in [0.15, 0.2) is 6.04 Å². The van der Waals surface area contributed by atoms with Gasteiger partial charge in [-0.05, 0) is 36.1 Å². The third-order valence-electron chi connectivity index (χ3n) is 6.14. The van der Waals surface area contributed by atoms with Gasteiger partial charge in [-0.25, -0.2) is 9.07 Å². The molecule has 0 saturated carbocycles. The Kier molecular flexibility index (Phi) is 6.63. The van der Waals surface area contributed by atoms with Crippen LogP contribution in [0.1, 0.15) is 53.2 Å². The topological polar surface area (TPSA) is 59.0 Å². The number of amides is 1. The molecule has 34 heavy (non-hydrogen) atoms. The summed E-state index contributed by atoms with van der Waals surface area (Å²) in [5.41, 5.74) is 3.29. The zero-order valence-electron chi connectivity index (χ0n) is 18.9. The van der Waals surface area contributed by atoms with E-state index in [9.17, 15) is 22.4 Å². The molecule has 0 unspecified atom stereocenters. The van der Waals surface area contributed by atoms with Crippen LogP contribution >= 0.6 is 0 Å². The fraction of sp³-hybridized carbons (Fsp3) is 0.360. The Hall–Kier alpha value is -3.36. The van der Waals surface area contributed by atoms with Crippen molar-refractivity contribution < 1.29 is 22.4 Å². The lowest BCUT2D eigenvalue weighted by Gasteiger charge is -2.34. The number of aromatic nitrogens is 2. The molecule has 1 aliphatic rings. The van der Waals surface area contributed by atoms with E-state index in [0.717, 1.165) is 27.8 Å². The molecule has 0 radical (unpaired) electrons. The Morgan fingerprint density at radius 2 is 1.91 bits per heavy atom. The van der Waals surface area contributed by atoms with Crippen LogP contribution in [-0.2, 0) is 24.2 Å². The molecule has 0 bridgehead atoms. The van der Waals surface area contributed by atoms with Crippen LogP contribution in [0.4, 0.5) is 23.4 Å². The van der Waals surface area contributed by atoms with Gasteiger partial charge in [0.05, 0.1) is 18.7 Å². The highest BCUT2D eigenvalue weighted by Crippen LogP contribution is 2.44. The van der Waals surface area contributed by atoms with Gasteiger partial charge in [0, 0.05) is 24.1 Å². The maximum absolute atomic E-state index is 14.0. The Balaban J connectivity index is 1.53. The molecule has 0 fully saturated rings. The van der Waals surface area contributed by atoms with Crippen LogP contribution in [0.2, 0.25) is 0 Å². The smallest absolute Gasteiger partial charge is 0.363 e. The molecule has 1 aliphatic heterocycles. The number of nitrogens with one attached hydrogen (secondary N) is 2. The van der Waals surface area contributed by atoms with E-state index in [1.54, 1.807) is 19.1 Å². The molecule has 0 aliphatic carbocycles. The van der Waals surface area contributed by atoms with Gasteiger partial charge in [-0.2, -0.15) is 18.3 Å². The van der Waals surface area contributed by atoms with Gasteiger partial charge in [0.25, 0.3) is 0 Å². The summed E-state index contributed by atoms with van der Waals surface area (Å²) < 4.78 is 56.6. The number of nitrogens with zero attached hydrogens (tertiary/aromatic N) is 2. The maximum Gasteiger partial charge on any atom is 0.410 e. The molecule has 1 amide bonds.